The number of esters is 1. The van der Waals surface area contributed by atoms with Crippen LogP contribution in [0.15, 0.2) is 24.3 Å². The minimum atomic E-state index is -0.951. The van der Waals surface area contributed by atoms with Gasteiger partial charge in [-0.2, -0.15) is 0 Å². The predicted octanol–water partition coefficient (Wildman–Crippen LogP) is 2.37. The fourth-order valence-electron chi connectivity index (χ4n) is 3.95. The molecule has 1 aliphatic carbocycles. The average molecular weight is 387 g/mol. The number of rotatable bonds is 7. The first-order chi connectivity index (χ1) is 13.4. The Morgan fingerprint density at radius 1 is 1.07 bits per heavy atom. The summed E-state index contributed by atoms with van der Waals surface area (Å²) in [5, 5.41) is 0. The molecule has 0 bridgehead atoms. The lowest BCUT2D eigenvalue weighted by atomic mass is 9.81. The van der Waals surface area contributed by atoms with Gasteiger partial charge in [-0.1, -0.05) is 12.8 Å². The minimum Gasteiger partial charge on any atom is -0.497 e. The normalized spacial score (nSPS) is 22.6. The number of carbonyl (C=O) groups is 4. The van der Waals surface area contributed by atoms with Crippen molar-refractivity contribution in [2.45, 2.75) is 45.1 Å². The molecule has 0 unspecified atom stereocenters. The molecule has 1 heterocycles. The molecule has 0 aromatic heterocycles. The van der Waals surface area contributed by atoms with Gasteiger partial charge in [-0.05, 0) is 44.0 Å². The number of benzene rings is 1. The van der Waals surface area contributed by atoms with Gasteiger partial charge in [0.25, 0.3) is 0 Å². The predicted molar refractivity (Wildman–Crippen MR) is 99.7 cm³/mol. The Kier molecular flexibility index (Phi) is 6.11. The van der Waals surface area contributed by atoms with E-state index >= 15 is 0 Å². The third-order valence-corrected chi connectivity index (χ3v) is 5.52. The van der Waals surface area contributed by atoms with Crippen molar-refractivity contribution in [2.75, 3.05) is 13.7 Å². The standard InChI is InChI=1S/C21H25NO6/c1-13(19(24)14-7-9-15(27-2)10-8-14)28-18(23)11-12-22-20(25)16-5-3-4-6-17(16)21(22)26/h7-10,13,16-17H,3-6,11-12H2,1-2H3/t13-,16+,17+/m1/s1. The number of methoxy groups -OCH3 is 1. The summed E-state index contributed by atoms with van der Waals surface area (Å²) in [5.41, 5.74) is 0.412. The first-order valence-electron chi connectivity index (χ1n) is 9.65. The van der Waals surface area contributed by atoms with Crippen molar-refractivity contribution in [3.63, 3.8) is 0 Å². The molecule has 3 atom stereocenters. The maximum absolute atomic E-state index is 12.4. The van der Waals surface area contributed by atoms with Crippen LogP contribution >= 0.6 is 0 Å². The van der Waals surface area contributed by atoms with Crippen molar-refractivity contribution in [2.24, 2.45) is 11.8 Å². The van der Waals surface area contributed by atoms with Gasteiger partial charge in [0.15, 0.2) is 6.10 Å². The summed E-state index contributed by atoms with van der Waals surface area (Å²) in [7, 11) is 1.53. The zero-order chi connectivity index (χ0) is 20.3. The summed E-state index contributed by atoms with van der Waals surface area (Å²) in [6, 6.07) is 6.53. The van der Waals surface area contributed by atoms with E-state index in [9.17, 15) is 19.2 Å². The molecule has 7 nitrogen and oxygen atoms in total. The molecule has 28 heavy (non-hydrogen) atoms. The number of amides is 2. The number of fused-ring (bicyclic) bond motifs is 1. The molecule has 1 aromatic rings. The molecule has 3 rings (SSSR count). The number of hydrogen-bond donors (Lipinski definition) is 0. The summed E-state index contributed by atoms with van der Waals surface area (Å²) in [5.74, 6) is -1.11. The van der Waals surface area contributed by atoms with Crippen LogP contribution in [0.3, 0.4) is 0 Å². The third-order valence-electron chi connectivity index (χ3n) is 5.52. The van der Waals surface area contributed by atoms with Gasteiger partial charge in [0.1, 0.15) is 5.75 Å². The van der Waals surface area contributed by atoms with Crippen LogP contribution in [0.25, 0.3) is 0 Å². The van der Waals surface area contributed by atoms with E-state index in [4.69, 9.17) is 9.47 Å². The molecular formula is C21H25NO6. The van der Waals surface area contributed by atoms with Crippen molar-refractivity contribution in [3.8, 4) is 5.75 Å². The third kappa shape index (κ3) is 4.08. The van der Waals surface area contributed by atoms with Crippen LogP contribution in [0.1, 0.15) is 49.4 Å². The van der Waals surface area contributed by atoms with Crippen LogP contribution in [-0.4, -0.2) is 48.2 Å². The van der Waals surface area contributed by atoms with Crippen molar-refractivity contribution in [1.29, 1.82) is 0 Å². The number of imide groups is 1. The van der Waals surface area contributed by atoms with E-state index in [0.717, 1.165) is 25.7 Å². The van der Waals surface area contributed by atoms with Crippen LogP contribution in [0.5, 0.6) is 5.75 Å². The number of Topliss-reactive ketones (excluding diaryl/α,β-unsaturated/α-hetero) is 1. The first-order valence-corrected chi connectivity index (χ1v) is 9.65. The van der Waals surface area contributed by atoms with E-state index in [0.29, 0.717) is 11.3 Å². The summed E-state index contributed by atoms with van der Waals surface area (Å²) in [6.45, 7) is 1.51. The average Bonchev–Trinajstić information content (AvgIpc) is 2.96. The lowest BCUT2D eigenvalue weighted by molar-refractivity contribution is -0.147. The second-order valence-corrected chi connectivity index (χ2v) is 7.30. The van der Waals surface area contributed by atoms with Crippen molar-refractivity contribution >= 4 is 23.6 Å². The van der Waals surface area contributed by atoms with Gasteiger partial charge in [0, 0.05) is 12.1 Å². The van der Waals surface area contributed by atoms with Gasteiger partial charge >= 0.3 is 5.97 Å². The largest absolute Gasteiger partial charge is 0.497 e. The quantitative estimate of drug-likeness (QED) is 0.405. The second kappa shape index (κ2) is 8.54. The Hall–Kier alpha value is -2.70. The maximum Gasteiger partial charge on any atom is 0.308 e. The molecular weight excluding hydrogens is 362 g/mol. The van der Waals surface area contributed by atoms with Crippen LogP contribution in [-0.2, 0) is 19.1 Å². The summed E-state index contributed by atoms with van der Waals surface area (Å²) in [6.07, 6.45) is 2.33. The number of carbonyl (C=O) groups excluding carboxylic acids is 4. The number of ketones is 1. The van der Waals surface area contributed by atoms with Crippen molar-refractivity contribution in [1.82, 2.24) is 4.90 Å². The highest BCUT2D eigenvalue weighted by Gasteiger charge is 2.47. The van der Waals surface area contributed by atoms with Crippen LogP contribution in [0, 0.1) is 11.8 Å². The fourth-order valence-corrected chi connectivity index (χ4v) is 3.95. The summed E-state index contributed by atoms with van der Waals surface area (Å²) >= 11 is 0. The zero-order valence-electron chi connectivity index (χ0n) is 16.2. The molecule has 1 aromatic carbocycles. The lowest BCUT2D eigenvalue weighted by Crippen LogP contribution is -2.34. The van der Waals surface area contributed by atoms with Gasteiger partial charge in [-0.3, -0.25) is 24.1 Å². The Bertz CT molecular complexity index is 748. The fraction of sp³-hybridized carbons (Fsp3) is 0.524. The van der Waals surface area contributed by atoms with Crippen LogP contribution in [0.2, 0.25) is 0 Å². The summed E-state index contributed by atoms with van der Waals surface area (Å²) < 4.78 is 10.3. The molecule has 7 heteroatoms. The monoisotopic (exact) mass is 387 g/mol. The number of likely N-dealkylation sites (tertiary alicyclic amines) is 1. The molecule has 1 saturated carbocycles. The van der Waals surface area contributed by atoms with Crippen molar-refractivity contribution < 1.29 is 28.7 Å². The lowest BCUT2D eigenvalue weighted by Gasteiger charge is -2.19. The van der Waals surface area contributed by atoms with Gasteiger partial charge in [-0.25, -0.2) is 0 Å². The van der Waals surface area contributed by atoms with Crippen LogP contribution < -0.4 is 4.74 Å². The highest BCUT2D eigenvalue weighted by molar-refractivity contribution is 6.05. The van der Waals surface area contributed by atoms with Gasteiger partial charge < -0.3 is 9.47 Å². The smallest absolute Gasteiger partial charge is 0.308 e. The molecule has 0 radical (unpaired) electrons. The van der Waals surface area contributed by atoms with E-state index in [1.54, 1.807) is 24.3 Å². The maximum atomic E-state index is 12.4. The van der Waals surface area contributed by atoms with E-state index in [2.05, 4.69) is 0 Å². The van der Waals surface area contributed by atoms with Crippen molar-refractivity contribution in [3.05, 3.63) is 29.8 Å². The number of hydrogen-bond acceptors (Lipinski definition) is 6. The zero-order valence-corrected chi connectivity index (χ0v) is 16.2. The molecule has 0 spiro atoms. The number of nitrogens with zero attached hydrogens (tertiary/aromatic N) is 1. The SMILES string of the molecule is COc1ccc(C(=O)[C@@H](C)OC(=O)CCN2C(=O)[C@H]3CCCC[C@@H]3C2=O)cc1. The minimum absolute atomic E-state index is 0.00689. The van der Waals surface area contributed by atoms with Gasteiger partial charge in [0.05, 0.1) is 25.4 Å². The molecule has 0 N–H and O–H groups in total. The Morgan fingerprint density at radius 2 is 1.64 bits per heavy atom. The molecule has 2 amide bonds. The molecule has 1 saturated heterocycles. The second-order valence-electron chi connectivity index (χ2n) is 7.30. The highest BCUT2D eigenvalue weighted by atomic mass is 16.5. The Morgan fingerprint density at radius 3 is 2.18 bits per heavy atom. The Labute approximate surface area is 164 Å². The molecule has 150 valence electrons. The van der Waals surface area contributed by atoms with E-state index in [-0.39, 0.29) is 42.4 Å². The number of ether oxygens (including phenoxy) is 2. The molecule has 2 aliphatic rings. The van der Waals surface area contributed by atoms with Gasteiger partial charge in [-0.15, -0.1) is 0 Å². The molecule has 1 aliphatic heterocycles. The highest BCUT2D eigenvalue weighted by Crippen LogP contribution is 2.37. The van der Waals surface area contributed by atoms with Crippen LogP contribution in [0.4, 0.5) is 0 Å². The van der Waals surface area contributed by atoms with E-state index in [1.807, 2.05) is 0 Å². The topological polar surface area (TPSA) is 90.0 Å². The van der Waals surface area contributed by atoms with E-state index in [1.165, 1.54) is 18.9 Å². The first kappa shape index (κ1) is 20.0. The molecule has 2 fully saturated rings. The van der Waals surface area contributed by atoms with E-state index < -0.39 is 12.1 Å². The van der Waals surface area contributed by atoms with Gasteiger partial charge in [0.2, 0.25) is 17.6 Å². The summed E-state index contributed by atoms with van der Waals surface area (Å²) in [4.78, 5) is 50.5. The Balaban J connectivity index is 1.51.